The highest BCUT2D eigenvalue weighted by Gasteiger charge is 2.34. The number of hydrogen-bond donors (Lipinski definition) is 2. The van der Waals surface area contributed by atoms with Crippen LogP contribution in [0.25, 0.3) is 5.82 Å². The van der Waals surface area contributed by atoms with E-state index >= 15 is 0 Å². The van der Waals surface area contributed by atoms with Crippen LogP contribution in [-0.4, -0.2) is 44.3 Å². The summed E-state index contributed by atoms with van der Waals surface area (Å²) in [5.74, 6) is -0.757. The van der Waals surface area contributed by atoms with Gasteiger partial charge in [0.15, 0.2) is 11.6 Å². The van der Waals surface area contributed by atoms with Crippen molar-refractivity contribution in [3.63, 3.8) is 0 Å². The number of carbonyl (C=O) groups is 3. The van der Waals surface area contributed by atoms with Crippen molar-refractivity contribution in [2.75, 3.05) is 4.90 Å². The van der Waals surface area contributed by atoms with E-state index in [0.717, 1.165) is 22.4 Å². The van der Waals surface area contributed by atoms with Crippen molar-refractivity contribution in [3.05, 3.63) is 63.9 Å². The number of rotatable bonds is 7. The fraction of sp³-hybridized carbons (Fsp3) is 0.346. The molecule has 2 heterocycles. The zero-order chi connectivity index (χ0) is 27.8. The molecule has 10 nitrogen and oxygen atoms in total. The molecule has 1 unspecified atom stereocenters. The Morgan fingerprint density at radius 2 is 1.89 bits per heavy atom. The molecule has 1 saturated carbocycles. The normalized spacial score (nSPS) is 14.1. The van der Waals surface area contributed by atoms with Crippen LogP contribution in [-0.2, 0) is 4.74 Å². The van der Waals surface area contributed by atoms with Gasteiger partial charge in [-0.1, -0.05) is 23.2 Å². The number of carbonyl (C=O) groups excluding carboxylic acids is 3. The molecule has 3 N–H and O–H groups in total. The summed E-state index contributed by atoms with van der Waals surface area (Å²) in [7, 11) is 0. The molecular formula is C26H28Cl2N6O4. The number of primary amides is 1. The maximum Gasteiger partial charge on any atom is 0.420 e. The summed E-state index contributed by atoms with van der Waals surface area (Å²) in [4.78, 5) is 44.6. The highest BCUT2D eigenvalue weighted by atomic mass is 35.5. The molecule has 3 aromatic rings. The third-order valence-electron chi connectivity index (χ3n) is 5.83. The molecule has 1 aromatic carbocycles. The fourth-order valence-corrected chi connectivity index (χ4v) is 4.23. The lowest BCUT2D eigenvalue weighted by atomic mass is 10.1. The van der Waals surface area contributed by atoms with E-state index in [1.807, 2.05) is 6.92 Å². The van der Waals surface area contributed by atoms with Crippen LogP contribution in [0.1, 0.15) is 61.4 Å². The van der Waals surface area contributed by atoms with Gasteiger partial charge < -0.3 is 15.8 Å². The van der Waals surface area contributed by atoms with Gasteiger partial charge in [0.05, 0.1) is 16.3 Å². The number of halogens is 2. The summed E-state index contributed by atoms with van der Waals surface area (Å²) in [5, 5.41) is 7.93. The Labute approximate surface area is 230 Å². The van der Waals surface area contributed by atoms with Crippen LogP contribution in [0, 0.1) is 5.92 Å². The van der Waals surface area contributed by atoms with Crippen molar-refractivity contribution in [1.82, 2.24) is 20.1 Å². The number of ether oxygens (including phenoxy) is 1. The van der Waals surface area contributed by atoms with E-state index in [0.29, 0.717) is 10.9 Å². The number of amides is 3. The van der Waals surface area contributed by atoms with Crippen molar-refractivity contribution in [1.29, 1.82) is 0 Å². The highest BCUT2D eigenvalue weighted by Crippen LogP contribution is 2.35. The van der Waals surface area contributed by atoms with Crippen molar-refractivity contribution >= 4 is 52.6 Å². The van der Waals surface area contributed by atoms with Gasteiger partial charge in [-0.15, -0.1) is 5.10 Å². The zero-order valence-corrected chi connectivity index (χ0v) is 22.9. The first-order valence-corrected chi connectivity index (χ1v) is 12.8. The standard InChI is InChI=1S/C26H28Cl2N6O4/c1-14(15-7-8-15)31-24(36)17-12-16(27)9-10-19(17)33(25(37)38-26(2,3)4)21-13-20(22(29)35)34(32-21)23-18(28)6-5-11-30-23/h5-6,9-15H,7-8H2,1-4H3,(H2,29,35)(H,31,36). The fourth-order valence-electron chi connectivity index (χ4n) is 3.85. The summed E-state index contributed by atoms with van der Waals surface area (Å²) < 4.78 is 6.80. The van der Waals surface area contributed by atoms with E-state index in [1.165, 1.54) is 30.5 Å². The number of nitrogens with one attached hydrogen (secondary N) is 1. The molecule has 3 amide bonds. The van der Waals surface area contributed by atoms with Gasteiger partial charge in [-0.3, -0.25) is 9.59 Å². The number of nitrogens with two attached hydrogens (primary N) is 1. The second-order valence-corrected chi connectivity index (χ2v) is 10.9. The van der Waals surface area contributed by atoms with Gasteiger partial charge in [-0.25, -0.2) is 19.4 Å². The lowest BCUT2D eigenvalue weighted by molar-refractivity contribution is 0.0597. The van der Waals surface area contributed by atoms with Crippen LogP contribution in [0.4, 0.5) is 16.3 Å². The summed E-state index contributed by atoms with van der Waals surface area (Å²) >= 11 is 12.6. The minimum absolute atomic E-state index is 0.0404. The van der Waals surface area contributed by atoms with Crippen molar-refractivity contribution < 1.29 is 19.1 Å². The van der Waals surface area contributed by atoms with Crippen LogP contribution < -0.4 is 16.0 Å². The lowest BCUT2D eigenvalue weighted by Crippen LogP contribution is -2.37. The Bertz CT molecular complexity index is 1400. The number of pyridine rings is 1. The van der Waals surface area contributed by atoms with Gasteiger partial charge >= 0.3 is 6.09 Å². The monoisotopic (exact) mass is 558 g/mol. The first kappa shape index (κ1) is 27.4. The van der Waals surface area contributed by atoms with Gasteiger partial charge in [0.1, 0.15) is 11.3 Å². The minimum Gasteiger partial charge on any atom is -0.443 e. The molecule has 1 atom stereocenters. The average Bonchev–Trinajstić information content (AvgIpc) is 3.59. The van der Waals surface area contributed by atoms with Gasteiger partial charge in [0.2, 0.25) is 0 Å². The molecule has 200 valence electrons. The third-order valence-corrected chi connectivity index (χ3v) is 6.36. The predicted molar refractivity (Wildman–Crippen MR) is 144 cm³/mol. The van der Waals surface area contributed by atoms with Gasteiger partial charge in [-0.05, 0) is 76.8 Å². The summed E-state index contributed by atoms with van der Waals surface area (Å²) in [5.41, 5.74) is 4.94. The molecular weight excluding hydrogens is 531 g/mol. The molecule has 0 saturated heterocycles. The SMILES string of the molecule is CC(NC(=O)c1cc(Cl)ccc1N(C(=O)OC(C)(C)C)c1cc(C(N)=O)n(-c2ncccc2Cl)n1)C1CC1. The first-order valence-electron chi connectivity index (χ1n) is 12.0. The van der Waals surface area contributed by atoms with E-state index in [2.05, 4.69) is 15.4 Å². The summed E-state index contributed by atoms with van der Waals surface area (Å²) in [6.45, 7) is 7.05. The van der Waals surface area contributed by atoms with Crippen molar-refractivity contribution in [3.8, 4) is 5.82 Å². The zero-order valence-electron chi connectivity index (χ0n) is 21.4. The molecule has 0 aliphatic heterocycles. The Hall–Kier alpha value is -3.63. The molecule has 0 bridgehead atoms. The average molecular weight is 559 g/mol. The minimum atomic E-state index is -0.885. The van der Waals surface area contributed by atoms with E-state index in [4.69, 9.17) is 33.7 Å². The third kappa shape index (κ3) is 6.08. The number of aromatic nitrogens is 3. The maximum absolute atomic E-state index is 13.6. The summed E-state index contributed by atoms with van der Waals surface area (Å²) in [6.07, 6.45) is 2.72. The topological polar surface area (TPSA) is 132 Å². The van der Waals surface area contributed by atoms with Crippen LogP contribution in [0.5, 0.6) is 0 Å². The van der Waals surface area contributed by atoms with Crippen LogP contribution >= 0.6 is 23.2 Å². The van der Waals surface area contributed by atoms with Crippen LogP contribution in [0.3, 0.4) is 0 Å². The van der Waals surface area contributed by atoms with E-state index < -0.39 is 23.5 Å². The van der Waals surface area contributed by atoms with Crippen LogP contribution in [0.2, 0.25) is 10.0 Å². The molecule has 38 heavy (non-hydrogen) atoms. The van der Waals surface area contributed by atoms with Crippen molar-refractivity contribution in [2.24, 2.45) is 11.7 Å². The summed E-state index contributed by atoms with van der Waals surface area (Å²) in [6, 6.07) is 8.96. The first-order chi connectivity index (χ1) is 17.9. The van der Waals surface area contributed by atoms with Crippen molar-refractivity contribution in [2.45, 2.75) is 52.2 Å². The number of nitrogens with zero attached hydrogens (tertiary/aromatic N) is 4. The Morgan fingerprint density at radius 3 is 2.50 bits per heavy atom. The largest absolute Gasteiger partial charge is 0.443 e. The number of hydrogen-bond acceptors (Lipinski definition) is 6. The number of benzene rings is 1. The van der Waals surface area contributed by atoms with E-state index in [9.17, 15) is 14.4 Å². The second-order valence-electron chi connectivity index (χ2n) is 10.0. The maximum atomic E-state index is 13.6. The highest BCUT2D eigenvalue weighted by molar-refractivity contribution is 6.32. The van der Waals surface area contributed by atoms with E-state index in [1.54, 1.807) is 32.9 Å². The second kappa shape index (κ2) is 10.6. The smallest absolute Gasteiger partial charge is 0.420 e. The van der Waals surface area contributed by atoms with Gasteiger partial charge in [0.25, 0.3) is 11.8 Å². The predicted octanol–water partition coefficient (Wildman–Crippen LogP) is 5.27. The van der Waals surface area contributed by atoms with Gasteiger partial charge in [0, 0.05) is 23.3 Å². The molecule has 2 aromatic heterocycles. The molecule has 4 rings (SSSR count). The quantitative estimate of drug-likeness (QED) is 0.405. The Balaban J connectivity index is 1.88. The molecule has 0 radical (unpaired) electrons. The van der Waals surface area contributed by atoms with E-state index in [-0.39, 0.29) is 39.6 Å². The molecule has 12 heteroatoms. The lowest BCUT2D eigenvalue weighted by Gasteiger charge is -2.27. The molecule has 0 spiro atoms. The molecule has 1 fully saturated rings. The molecule has 1 aliphatic carbocycles. The van der Waals surface area contributed by atoms with Gasteiger partial charge in [-0.2, -0.15) is 0 Å². The molecule has 1 aliphatic rings. The Kier molecular flexibility index (Phi) is 7.66. The van der Waals surface area contributed by atoms with Crippen LogP contribution in [0.15, 0.2) is 42.6 Å². The number of anilines is 2. The Morgan fingerprint density at radius 1 is 1.18 bits per heavy atom.